The van der Waals surface area contributed by atoms with Crippen molar-refractivity contribution in [3.8, 4) is 11.5 Å². The lowest BCUT2D eigenvalue weighted by atomic mass is 9.87. The number of carbonyl (C=O) groups is 1. The molecule has 0 saturated carbocycles. The van der Waals surface area contributed by atoms with Crippen molar-refractivity contribution in [3.63, 3.8) is 0 Å². The Bertz CT molecular complexity index is 851. The quantitative estimate of drug-likeness (QED) is 0.637. The molecule has 0 bridgehead atoms. The smallest absolute Gasteiger partial charge is 0.265 e. The summed E-state index contributed by atoms with van der Waals surface area (Å²) in [5.41, 5.74) is 3.51. The largest absolute Gasteiger partial charge is 0.454 e. The number of carbonyl (C=O) groups excluding carboxylic acids is 1. The molecule has 0 unspecified atom stereocenters. The van der Waals surface area contributed by atoms with Crippen LogP contribution in [0.5, 0.6) is 11.5 Å². The monoisotopic (exact) mass is 368 g/mol. The Morgan fingerprint density at radius 3 is 2.52 bits per heavy atom. The number of benzene rings is 2. The van der Waals surface area contributed by atoms with Crippen LogP contribution in [0.25, 0.3) is 0 Å². The van der Waals surface area contributed by atoms with Crippen molar-refractivity contribution in [2.24, 2.45) is 5.16 Å². The lowest BCUT2D eigenvalue weighted by molar-refractivity contribution is -0.120. The summed E-state index contributed by atoms with van der Waals surface area (Å²) in [5, 5.41) is 6.81. The third-order valence-corrected chi connectivity index (χ3v) is 4.22. The first-order valence-corrected chi connectivity index (χ1v) is 8.80. The number of nitrogens with zero attached hydrogens (tertiary/aromatic N) is 1. The van der Waals surface area contributed by atoms with Crippen molar-refractivity contribution >= 4 is 17.3 Å². The van der Waals surface area contributed by atoms with Crippen molar-refractivity contribution in [2.45, 2.75) is 33.1 Å². The molecule has 0 radical (unpaired) electrons. The van der Waals surface area contributed by atoms with Crippen LogP contribution < -0.4 is 14.8 Å². The van der Waals surface area contributed by atoms with E-state index in [0.717, 1.165) is 11.3 Å². The first kappa shape index (κ1) is 18.8. The number of amides is 1. The number of rotatable bonds is 5. The molecule has 0 atom stereocenters. The molecule has 0 fully saturated rings. The maximum absolute atomic E-state index is 12.0. The molecule has 1 amide bonds. The summed E-state index contributed by atoms with van der Waals surface area (Å²) in [4.78, 5) is 17.2. The fourth-order valence-electron chi connectivity index (χ4n) is 2.61. The lowest BCUT2D eigenvalue weighted by Gasteiger charge is -2.19. The highest BCUT2D eigenvalue weighted by Crippen LogP contribution is 2.32. The van der Waals surface area contributed by atoms with E-state index in [2.05, 4.69) is 31.2 Å². The minimum Gasteiger partial charge on any atom is -0.454 e. The molecular formula is C21H24N2O4. The van der Waals surface area contributed by atoms with E-state index < -0.39 is 0 Å². The van der Waals surface area contributed by atoms with E-state index in [9.17, 15) is 4.79 Å². The van der Waals surface area contributed by atoms with Gasteiger partial charge in [0.15, 0.2) is 18.1 Å². The molecule has 1 heterocycles. The molecule has 3 rings (SSSR count). The van der Waals surface area contributed by atoms with Crippen molar-refractivity contribution in [2.75, 3.05) is 18.7 Å². The topological polar surface area (TPSA) is 69.2 Å². The minimum absolute atomic E-state index is 0.0760. The van der Waals surface area contributed by atoms with Gasteiger partial charge in [0, 0.05) is 11.3 Å². The van der Waals surface area contributed by atoms with Gasteiger partial charge >= 0.3 is 0 Å². The highest BCUT2D eigenvalue weighted by atomic mass is 16.7. The Kier molecular flexibility index (Phi) is 5.35. The summed E-state index contributed by atoms with van der Waals surface area (Å²) >= 11 is 0. The predicted molar refractivity (Wildman–Crippen MR) is 104 cm³/mol. The standard InChI is InChI=1S/C21H24N2O4/c1-14(15-5-10-18-19(11-15)26-13-25-18)23-27-12-20(24)22-17-8-6-16(7-9-17)21(2,3)4/h5-11H,12-13H2,1-4H3,(H,22,24). The zero-order valence-electron chi connectivity index (χ0n) is 16.0. The number of hydrogen-bond donors (Lipinski definition) is 1. The van der Waals surface area contributed by atoms with Crippen molar-refractivity contribution in [1.82, 2.24) is 0 Å². The van der Waals surface area contributed by atoms with E-state index in [1.54, 1.807) is 6.92 Å². The molecule has 0 saturated heterocycles. The number of ether oxygens (including phenoxy) is 2. The number of anilines is 1. The minimum atomic E-state index is -0.263. The fraction of sp³-hybridized carbons (Fsp3) is 0.333. The van der Waals surface area contributed by atoms with Gasteiger partial charge < -0.3 is 19.6 Å². The van der Waals surface area contributed by atoms with Gasteiger partial charge in [0.2, 0.25) is 6.79 Å². The van der Waals surface area contributed by atoms with Crippen LogP contribution in [-0.2, 0) is 15.0 Å². The van der Waals surface area contributed by atoms with Gasteiger partial charge in [-0.15, -0.1) is 0 Å². The molecule has 1 aliphatic heterocycles. The van der Waals surface area contributed by atoms with Crippen LogP contribution in [0.4, 0.5) is 5.69 Å². The molecule has 1 N–H and O–H groups in total. The third kappa shape index (κ3) is 4.78. The van der Waals surface area contributed by atoms with Crippen LogP contribution in [0.2, 0.25) is 0 Å². The Morgan fingerprint density at radius 2 is 1.81 bits per heavy atom. The second-order valence-corrected chi connectivity index (χ2v) is 7.39. The molecular weight excluding hydrogens is 344 g/mol. The van der Waals surface area contributed by atoms with Gasteiger partial charge in [-0.2, -0.15) is 0 Å². The summed E-state index contributed by atoms with van der Waals surface area (Å²) in [6.45, 7) is 8.31. The second kappa shape index (κ2) is 7.70. The maximum Gasteiger partial charge on any atom is 0.265 e. The van der Waals surface area contributed by atoms with Crippen LogP contribution >= 0.6 is 0 Å². The highest BCUT2D eigenvalue weighted by Gasteiger charge is 2.15. The Hall–Kier alpha value is -3.02. The van der Waals surface area contributed by atoms with Gasteiger partial charge in [-0.05, 0) is 48.2 Å². The van der Waals surface area contributed by atoms with Crippen LogP contribution in [0.3, 0.4) is 0 Å². The SMILES string of the molecule is CC(=NOCC(=O)Nc1ccc(C(C)(C)C)cc1)c1ccc2c(c1)OCO2. The average molecular weight is 368 g/mol. The second-order valence-electron chi connectivity index (χ2n) is 7.39. The predicted octanol–water partition coefficient (Wildman–Crippen LogP) is 4.09. The molecule has 0 aliphatic carbocycles. The van der Waals surface area contributed by atoms with Gasteiger partial charge in [0.1, 0.15) is 0 Å². The summed E-state index contributed by atoms with van der Waals surface area (Å²) in [5.74, 6) is 1.13. The molecule has 2 aromatic carbocycles. The van der Waals surface area contributed by atoms with Gasteiger partial charge in [0.05, 0.1) is 5.71 Å². The summed E-state index contributed by atoms with van der Waals surface area (Å²) in [6.07, 6.45) is 0. The van der Waals surface area contributed by atoms with Gasteiger partial charge in [-0.3, -0.25) is 4.79 Å². The molecule has 1 aliphatic rings. The molecule has 2 aromatic rings. The maximum atomic E-state index is 12.0. The van der Waals surface area contributed by atoms with Crippen LogP contribution in [0.15, 0.2) is 47.6 Å². The van der Waals surface area contributed by atoms with Crippen molar-refractivity contribution in [3.05, 3.63) is 53.6 Å². The van der Waals surface area contributed by atoms with Crippen LogP contribution in [0, 0.1) is 0 Å². The zero-order valence-corrected chi connectivity index (χ0v) is 16.0. The van der Waals surface area contributed by atoms with Crippen LogP contribution in [-0.4, -0.2) is 25.0 Å². The summed E-state index contributed by atoms with van der Waals surface area (Å²) in [6, 6.07) is 13.3. The van der Waals surface area contributed by atoms with Crippen molar-refractivity contribution < 1.29 is 19.1 Å². The van der Waals surface area contributed by atoms with Crippen molar-refractivity contribution in [1.29, 1.82) is 0 Å². The first-order chi connectivity index (χ1) is 12.8. The Balaban J connectivity index is 1.52. The number of hydrogen-bond acceptors (Lipinski definition) is 5. The van der Waals surface area contributed by atoms with Gasteiger partial charge in [0.25, 0.3) is 5.91 Å². The normalized spacial score (nSPS) is 13.4. The Morgan fingerprint density at radius 1 is 1.11 bits per heavy atom. The summed E-state index contributed by atoms with van der Waals surface area (Å²) in [7, 11) is 0. The number of fused-ring (bicyclic) bond motifs is 1. The highest BCUT2D eigenvalue weighted by molar-refractivity contribution is 5.99. The van der Waals surface area contributed by atoms with E-state index in [4.69, 9.17) is 14.3 Å². The molecule has 142 valence electrons. The number of nitrogens with one attached hydrogen (secondary N) is 1. The van der Waals surface area contributed by atoms with E-state index >= 15 is 0 Å². The van der Waals surface area contributed by atoms with E-state index in [-0.39, 0.29) is 24.7 Å². The lowest BCUT2D eigenvalue weighted by Crippen LogP contribution is -2.17. The molecule has 0 aromatic heterocycles. The molecule has 27 heavy (non-hydrogen) atoms. The summed E-state index contributed by atoms with van der Waals surface area (Å²) < 4.78 is 10.6. The Labute approximate surface area is 159 Å². The van der Waals surface area contributed by atoms with Gasteiger partial charge in [-0.25, -0.2) is 0 Å². The van der Waals surface area contributed by atoms with E-state index in [1.807, 2.05) is 42.5 Å². The first-order valence-electron chi connectivity index (χ1n) is 8.80. The zero-order chi connectivity index (χ0) is 19.4. The van der Waals surface area contributed by atoms with Gasteiger partial charge in [-0.1, -0.05) is 38.1 Å². The van der Waals surface area contributed by atoms with Crippen LogP contribution in [0.1, 0.15) is 38.8 Å². The number of oxime groups is 1. The third-order valence-electron chi connectivity index (χ3n) is 4.22. The fourth-order valence-corrected chi connectivity index (χ4v) is 2.61. The molecule has 6 nitrogen and oxygen atoms in total. The molecule has 6 heteroatoms. The average Bonchev–Trinajstić information content (AvgIpc) is 3.09. The van der Waals surface area contributed by atoms with E-state index in [0.29, 0.717) is 17.2 Å². The molecule has 0 spiro atoms. The van der Waals surface area contributed by atoms with E-state index in [1.165, 1.54) is 5.56 Å².